The van der Waals surface area contributed by atoms with Crippen LogP contribution in [0.1, 0.15) is 35.9 Å². The Morgan fingerprint density at radius 3 is 2.67 bits per heavy atom. The lowest BCUT2D eigenvalue weighted by molar-refractivity contribution is -0.147. The van der Waals surface area contributed by atoms with E-state index in [1.807, 2.05) is 38.1 Å². The third-order valence-electron chi connectivity index (χ3n) is 4.01. The molecular weight excluding hydrogens is 346 g/mol. The van der Waals surface area contributed by atoms with Crippen LogP contribution in [-0.4, -0.2) is 30.1 Å². The lowest BCUT2D eigenvalue weighted by Gasteiger charge is -2.09. The molecule has 3 aromatic rings. The second-order valence-corrected chi connectivity index (χ2v) is 6.13. The highest BCUT2D eigenvalue weighted by Crippen LogP contribution is 2.26. The lowest BCUT2D eigenvalue weighted by atomic mass is 10.1. The maximum atomic E-state index is 12.6. The summed E-state index contributed by atoms with van der Waals surface area (Å²) in [6.07, 6.45) is 1.70. The fourth-order valence-corrected chi connectivity index (χ4v) is 2.62. The first-order valence-corrected chi connectivity index (χ1v) is 8.88. The van der Waals surface area contributed by atoms with E-state index < -0.39 is 18.5 Å². The van der Waals surface area contributed by atoms with E-state index in [2.05, 4.69) is 4.98 Å². The number of hydrogen-bond acceptors (Lipinski definition) is 6. The predicted octanol–water partition coefficient (Wildman–Crippen LogP) is 4.30. The quantitative estimate of drug-likeness (QED) is 0.457. The molecule has 0 fully saturated rings. The summed E-state index contributed by atoms with van der Waals surface area (Å²) < 4.78 is 15.8. The number of aromatic nitrogens is 1. The van der Waals surface area contributed by atoms with Crippen molar-refractivity contribution in [3.05, 3.63) is 53.8 Å². The molecular formula is C21H21NO5. The van der Waals surface area contributed by atoms with E-state index >= 15 is 0 Å². The molecule has 0 amide bonds. The van der Waals surface area contributed by atoms with Crippen LogP contribution in [-0.2, 0) is 14.3 Å². The number of fused-ring (bicyclic) bond motifs is 1. The van der Waals surface area contributed by atoms with Gasteiger partial charge >= 0.3 is 11.9 Å². The van der Waals surface area contributed by atoms with Gasteiger partial charge in [-0.15, -0.1) is 0 Å². The summed E-state index contributed by atoms with van der Waals surface area (Å²) in [4.78, 5) is 28.8. The number of unbranched alkanes of at least 4 members (excludes halogenated alkanes) is 1. The highest BCUT2D eigenvalue weighted by molar-refractivity contribution is 6.04. The van der Waals surface area contributed by atoms with Gasteiger partial charge in [0, 0.05) is 5.39 Å². The second kappa shape index (κ2) is 8.49. The Balaban J connectivity index is 1.84. The summed E-state index contributed by atoms with van der Waals surface area (Å²) in [7, 11) is 0. The van der Waals surface area contributed by atoms with E-state index in [-0.39, 0.29) is 0 Å². The van der Waals surface area contributed by atoms with Crippen LogP contribution < -0.4 is 0 Å². The number of pyridine rings is 1. The Bertz CT molecular complexity index is 960. The van der Waals surface area contributed by atoms with Crippen LogP contribution in [0.25, 0.3) is 22.4 Å². The van der Waals surface area contributed by atoms with Crippen LogP contribution >= 0.6 is 0 Å². The number of carbonyl (C=O) groups excluding carboxylic acids is 2. The molecule has 2 aromatic heterocycles. The van der Waals surface area contributed by atoms with Gasteiger partial charge in [-0.1, -0.05) is 31.5 Å². The van der Waals surface area contributed by atoms with Crippen molar-refractivity contribution in [3.8, 4) is 11.5 Å². The Labute approximate surface area is 157 Å². The summed E-state index contributed by atoms with van der Waals surface area (Å²) in [6.45, 7) is 3.74. The SMILES string of the molecule is CCCCOC(=O)COC(=O)c1cc(-c2ccc(C)o2)nc2ccccc12. The van der Waals surface area contributed by atoms with Crippen LogP contribution in [0.15, 0.2) is 46.9 Å². The number of esters is 2. The molecule has 0 atom stereocenters. The lowest BCUT2D eigenvalue weighted by Crippen LogP contribution is -2.17. The molecule has 1 aromatic carbocycles. The summed E-state index contributed by atoms with van der Waals surface area (Å²) in [6, 6.07) is 12.5. The van der Waals surface area contributed by atoms with Gasteiger partial charge in [-0.2, -0.15) is 0 Å². The molecule has 0 saturated heterocycles. The smallest absolute Gasteiger partial charge is 0.344 e. The molecule has 6 nitrogen and oxygen atoms in total. The van der Waals surface area contributed by atoms with Gasteiger partial charge < -0.3 is 13.9 Å². The Hall–Kier alpha value is -3.15. The van der Waals surface area contributed by atoms with Gasteiger partial charge in [-0.05, 0) is 37.6 Å². The molecule has 27 heavy (non-hydrogen) atoms. The number of nitrogens with zero attached hydrogens (tertiary/aromatic N) is 1. The van der Waals surface area contributed by atoms with Crippen LogP contribution in [0.4, 0.5) is 0 Å². The fraction of sp³-hybridized carbons (Fsp3) is 0.286. The third-order valence-corrected chi connectivity index (χ3v) is 4.01. The van der Waals surface area contributed by atoms with Crippen molar-refractivity contribution in [2.24, 2.45) is 0 Å². The summed E-state index contributed by atoms with van der Waals surface area (Å²) in [5.41, 5.74) is 1.49. The second-order valence-electron chi connectivity index (χ2n) is 6.13. The number of carbonyl (C=O) groups is 2. The predicted molar refractivity (Wildman–Crippen MR) is 100 cm³/mol. The third kappa shape index (κ3) is 4.53. The molecule has 0 aliphatic rings. The highest BCUT2D eigenvalue weighted by atomic mass is 16.6. The Morgan fingerprint density at radius 1 is 1.11 bits per heavy atom. The zero-order chi connectivity index (χ0) is 19.2. The van der Waals surface area contributed by atoms with E-state index in [1.54, 1.807) is 18.2 Å². The minimum Gasteiger partial charge on any atom is -0.463 e. The van der Waals surface area contributed by atoms with Gasteiger partial charge in [0.15, 0.2) is 12.4 Å². The van der Waals surface area contributed by atoms with Crippen molar-refractivity contribution >= 4 is 22.8 Å². The summed E-state index contributed by atoms with van der Waals surface area (Å²) in [5.74, 6) is 0.146. The van der Waals surface area contributed by atoms with Crippen LogP contribution in [0.3, 0.4) is 0 Å². The highest BCUT2D eigenvalue weighted by Gasteiger charge is 2.18. The minimum absolute atomic E-state index is 0.325. The van der Waals surface area contributed by atoms with Crippen molar-refractivity contribution in [1.29, 1.82) is 0 Å². The van der Waals surface area contributed by atoms with Crippen molar-refractivity contribution < 1.29 is 23.5 Å². The molecule has 0 radical (unpaired) electrons. The summed E-state index contributed by atoms with van der Waals surface area (Å²) >= 11 is 0. The number of ether oxygens (including phenoxy) is 2. The van der Waals surface area contributed by atoms with Gasteiger partial charge in [0.2, 0.25) is 0 Å². The van der Waals surface area contributed by atoms with Crippen molar-refractivity contribution in [1.82, 2.24) is 4.98 Å². The molecule has 3 rings (SSSR count). The Kier molecular flexibility index (Phi) is 5.86. The van der Waals surface area contributed by atoms with E-state index in [1.165, 1.54) is 0 Å². The number of rotatable bonds is 7. The van der Waals surface area contributed by atoms with E-state index in [0.717, 1.165) is 18.6 Å². The zero-order valence-corrected chi connectivity index (χ0v) is 15.4. The largest absolute Gasteiger partial charge is 0.463 e. The fourth-order valence-electron chi connectivity index (χ4n) is 2.62. The number of furan rings is 1. The molecule has 2 heterocycles. The molecule has 0 unspecified atom stereocenters. The van der Waals surface area contributed by atoms with Gasteiger partial charge in [-0.3, -0.25) is 0 Å². The first-order valence-electron chi connectivity index (χ1n) is 8.88. The van der Waals surface area contributed by atoms with Gasteiger partial charge in [0.25, 0.3) is 0 Å². The number of para-hydroxylation sites is 1. The molecule has 0 saturated carbocycles. The van der Waals surface area contributed by atoms with Crippen molar-refractivity contribution in [3.63, 3.8) is 0 Å². The van der Waals surface area contributed by atoms with Crippen LogP contribution in [0.5, 0.6) is 0 Å². The first-order chi connectivity index (χ1) is 13.1. The maximum Gasteiger partial charge on any atom is 0.344 e. The molecule has 6 heteroatoms. The zero-order valence-electron chi connectivity index (χ0n) is 15.4. The average molecular weight is 367 g/mol. The van der Waals surface area contributed by atoms with E-state index in [4.69, 9.17) is 13.9 Å². The number of hydrogen-bond donors (Lipinski definition) is 0. The van der Waals surface area contributed by atoms with Gasteiger partial charge in [0.05, 0.1) is 17.7 Å². The first kappa shape index (κ1) is 18.6. The monoisotopic (exact) mass is 367 g/mol. The average Bonchev–Trinajstić information content (AvgIpc) is 3.12. The van der Waals surface area contributed by atoms with E-state index in [9.17, 15) is 9.59 Å². The van der Waals surface area contributed by atoms with Gasteiger partial charge in [0.1, 0.15) is 11.5 Å². The van der Waals surface area contributed by atoms with Crippen molar-refractivity contribution in [2.75, 3.05) is 13.2 Å². The van der Waals surface area contributed by atoms with Crippen LogP contribution in [0, 0.1) is 6.92 Å². The topological polar surface area (TPSA) is 78.6 Å². The number of aryl methyl sites for hydroxylation is 1. The standard InChI is InChI=1S/C21H21NO5/c1-3-4-11-25-20(23)13-26-21(24)16-12-18(19-10-9-14(2)27-19)22-17-8-6-5-7-15(16)17/h5-10,12H,3-4,11,13H2,1-2H3. The van der Waals surface area contributed by atoms with Crippen molar-refractivity contribution in [2.45, 2.75) is 26.7 Å². The normalized spacial score (nSPS) is 10.7. The van der Waals surface area contributed by atoms with Gasteiger partial charge in [-0.25, -0.2) is 14.6 Å². The number of benzene rings is 1. The minimum atomic E-state index is -0.606. The molecule has 0 aliphatic carbocycles. The Morgan fingerprint density at radius 2 is 1.93 bits per heavy atom. The van der Waals surface area contributed by atoms with E-state index in [0.29, 0.717) is 34.5 Å². The molecule has 0 bridgehead atoms. The maximum absolute atomic E-state index is 12.6. The molecule has 140 valence electrons. The molecule has 0 spiro atoms. The van der Waals surface area contributed by atoms with Crippen LogP contribution in [0.2, 0.25) is 0 Å². The summed E-state index contributed by atoms with van der Waals surface area (Å²) in [5, 5.41) is 0.647. The molecule has 0 aliphatic heterocycles. The molecule has 0 N–H and O–H groups in total.